The summed E-state index contributed by atoms with van der Waals surface area (Å²) in [5, 5.41) is 4.41. The number of hydrogen-bond acceptors (Lipinski definition) is 3. The summed E-state index contributed by atoms with van der Waals surface area (Å²) in [6.07, 6.45) is 3.61. The molecule has 2 rings (SSSR count). The Morgan fingerprint density at radius 2 is 2.17 bits per heavy atom. The van der Waals surface area contributed by atoms with E-state index in [-0.39, 0.29) is 12.5 Å². The van der Waals surface area contributed by atoms with Gasteiger partial charge in [0.1, 0.15) is 5.75 Å². The second kappa shape index (κ2) is 7.83. The Morgan fingerprint density at radius 3 is 2.83 bits per heavy atom. The van der Waals surface area contributed by atoms with E-state index in [4.69, 9.17) is 16.3 Å². The molecule has 122 valence electrons. The molecule has 0 saturated heterocycles. The van der Waals surface area contributed by atoms with Gasteiger partial charge >= 0.3 is 0 Å². The molecule has 1 aromatic heterocycles. The smallest absolute Gasteiger partial charge is 0.277 e. The van der Waals surface area contributed by atoms with Crippen LogP contribution in [0.2, 0.25) is 5.02 Å². The summed E-state index contributed by atoms with van der Waals surface area (Å²) in [6.45, 7) is 6.12. The van der Waals surface area contributed by atoms with Gasteiger partial charge in [-0.1, -0.05) is 23.7 Å². The molecular weight excluding hydrogens is 314 g/mol. The van der Waals surface area contributed by atoms with Gasteiger partial charge in [-0.25, -0.2) is 5.43 Å². The zero-order chi connectivity index (χ0) is 16.8. The van der Waals surface area contributed by atoms with E-state index in [1.54, 1.807) is 30.5 Å². The van der Waals surface area contributed by atoms with Crippen molar-refractivity contribution < 1.29 is 9.53 Å². The van der Waals surface area contributed by atoms with Crippen molar-refractivity contribution in [2.45, 2.75) is 26.8 Å². The maximum atomic E-state index is 11.7. The molecule has 1 N–H and O–H groups in total. The summed E-state index contributed by atoms with van der Waals surface area (Å²) in [7, 11) is 0. The largest absolute Gasteiger partial charge is 0.482 e. The van der Waals surface area contributed by atoms with Crippen LogP contribution in [-0.4, -0.2) is 23.3 Å². The lowest BCUT2D eigenvalue weighted by Crippen LogP contribution is -2.24. The van der Waals surface area contributed by atoms with Crippen LogP contribution < -0.4 is 10.2 Å². The van der Waals surface area contributed by atoms with Crippen molar-refractivity contribution in [2.75, 3.05) is 6.61 Å². The van der Waals surface area contributed by atoms with Gasteiger partial charge in [-0.15, -0.1) is 0 Å². The Labute approximate surface area is 140 Å². The first-order valence-electron chi connectivity index (χ1n) is 7.35. The van der Waals surface area contributed by atoms with Crippen LogP contribution in [0.25, 0.3) is 0 Å². The predicted molar refractivity (Wildman–Crippen MR) is 92.2 cm³/mol. The lowest BCUT2D eigenvalue weighted by atomic mass is 10.3. The van der Waals surface area contributed by atoms with E-state index in [0.717, 1.165) is 11.3 Å². The van der Waals surface area contributed by atoms with E-state index in [9.17, 15) is 4.79 Å². The number of hydrogen-bond donors (Lipinski definition) is 1. The van der Waals surface area contributed by atoms with Gasteiger partial charge in [-0.3, -0.25) is 4.79 Å². The Morgan fingerprint density at radius 1 is 1.43 bits per heavy atom. The Hall–Kier alpha value is -2.27. The van der Waals surface area contributed by atoms with Crippen molar-refractivity contribution in [2.24, 2.45) is 5.10 Å². The Balaban J connectivity index is 1.84. The molecule has 0 aliphatic carbocycles. The molecule has 0 aliphatic rings. The van der Waals surface area contributed by atoms with E-state index in [2.05, 4.69) is 28.9 Å². The highest BCUT2D eigenvalue weighted by atomic mass is 35.5. The zero-order valence-electron chi connectivity index (χ0n) is 13.4. The summed E-state index contributed by atoms with van der Waals surface area (Å²) in [4.78, 5) is 11.7. The number of hydrazone groups is 1. The minimum Gasteiger partial charge on any atom is -0.482 e. The number of para-hydroxylation sites is 1. The lowest BCUT2D eigenvalue weighted by Gasteiger charge is -2.08. The topological polar surface area (TPSA) is 55.6 Å². The summed E-state index contributed by atoms with van der Waals surface area (Å²) in [5.41, 5.74) is 4.51. The number of aryl methyl sites for hydroxylation is 1. The van der Waals surface area contributed by atoms with Crippen LogP contribution in [0.1, 0.15) is 31.1 Å². The van der Waals surface area contributed by atoms with E-state index < -0.39 is 0 Å². The molecule has 6 heteroatoms. The fraction of sp³-hybridized carbons (Fsp3) is 0.294. The number of aromatic nitrogens is 1. The van der Waals surface area contributed by atoms with E-state index in [1.807, 2.05) is 19.2 Å². The Bertz CT molecular complexity index is 708. The number of amides is 1. The summed E-state index contributed by atoms with van der Waals surface area (Å²) >= 11 is 5.95. The maximum Gasteiger partial charge on any atom is 0.277 e. The molecule has 0 saturated carbocycles. The van der Waals surface area contributed by atoms with Gasteiger partial charge in [0.05, 0.1) is 11.2 Å². The van der Waals surface area contributed by atoms with Crippen LogP contribution >= 0.6 is 11.6 Å². The summed E-state index contributed by atoms with van der Waals surface area (Å²) < 4.78 is 7.48. The molecular formula is C17H20ClN3O2. The Kier molecular flexibility index (Phi) is 5.82. The molecule has 0 radical (unpaired) electrons. The van der Waals surface area contributed by atoms with Gasteiger partial charge in [0.2, 0.25) is 0 Å². The molecule has 2 aromatic rings. The third-order valence-corrected chi connectivity index (χ3v) is 3.54. The third-order valence-electron chi connectivity index (χ3n) is 3.23. The van der Waals surface area contributed by atoms with E-state index in [1.165, 1.54) is 0 Å². The molecule has 1 aromatic carbocycles. The minimum atomic E-state index is -0.346. The molecule has 0 atom stereocenters. The van der Waals surface area contributed by atoms with Gasteiger partial charge in [0.15, 0.2) is 6.61 Å². The number of ether oxygens (including phenoxy) is 1. The van der Waals surface area contributed by atoms with Crippen molar-refractivity contribution in [1.29, 1.82) is 0 Å². The molecule has 0 spiro atoms. The number of rotatable bonds is 6. The van der Waals surface area contributed by atoms with Crippen LogP contribution in [0.15, 0.2) is 41.6 Å². The normalized spacial score (nSPS) is 11.2. The van der Waals surface area contributed by atoms with Crippen molar-refractivity contribution >= 4 is 23.7 Å². The van der Waals surface area contributed by atoms with Crippen molar-refractivity contribution in [1.82, 2.24) is 9.99 Å². The highest BCUT2D eigenvalue weighted by Gasteiger charge is 2.05. The zero-order valence-corrected chi connectivity index (χ0v) is 14.2. The SMILES string of the molecule is Cc1cc(/C=N/NC(=O)COc2ccccc2Cl)cn1C(C)C. The van der Waals surface area contributed by atoms with Gasteiger partial charge in [0.25, 0.3) is 5.91 Å². The summed E-state index contributed by atoms with van der Waals surface area (Å²) in [5.74, 6) is 0.124. The average molecular weight is 334 g/mol. The van der Waals surface area contributed by atoms with Gasteiger partial charge in [-0.2, -0.15) is 5.10 Å². The third kappa shape index (κ3) is 4.86. The van der Waals surface area contributed by atoms with Gasteiger partial charge < -0.3 is 9.30 Å². The number of benzene rings is 1. The molecule has 0 aliphatic heterocycles. The number of halogens is 1. The van der Waals surface area contributed by atoms with Crippen molar-refractivity contribution in [3.05, 3.63) is 52.8 Å². The highest BCUT2D eigenvalue weighted by Crippen LogP contribution is 2.22. The fourth-order valence-electron chi connectivity index (χ4n) is 2.16. The van der Waals surface area contributed by atoms with Crippen LogP contribution in [-0.2, 0) is 4.79 Å². The average Bonchev–Trinajstić information content (AvgIpc) is 2.87. The predicted octanol–water partition coefficient (Wildman–Crippen LogP) is 3.56. The van der Waals surface area contributed by atoms with Gasteiger partial charge in [-0.05, 0) is 39.0 Å². The highest BCUT2D eigenvalue weighted by molar-refractivity contribution is 6.32. The summed E-state index contributed by atoms with van der Waals surface area (Å²) in [6, 6.07) is 9.39. The second-order valence-electron chi connectivity index (χ2n) is 5.43. The van der Waals surface area contributed by atoms with Gasteiger partial charge in [0, 0.05) is 23.5 Å². The minimum absolute atomic E-state index is 0.146. The van der Waals surface area contributed by atoms with E-state index in [0.29, 0.717) is 16.8 Å². The monoisotopic (exact) mass is 333 g/mol. The molecule has 1 heterocycles. The van der Waals surface area contributed by atoms with Crippen LogP contribution in [0.4, 0.5) is 0 Å². The number of carbonyl (C=O) groups excluding carboxylic acids is 1. The molecule has 0 bridgehead atoms. The standard InChI is InChI=1S/C17H20ClN3O2/c1-12(2)21-10-14(8-13(21)3)9-19-20-17(22)11-23-16-7-5-4-6-15(16)18/h4-10,12H,11H2,1-3H3,(H,20,22)/b19-9+. The first kappa shape index (κ1) is 17.1. The molecule has 0 unspecified atom stereocenters. The maximum absolute atomic E-state index is 11.7. The van der Waals surface area contributed by atoms with Crippen molar-refractivity contribution in [3.8, 4) is 5.75 Å². The van der Waals surface area contributed by atoms with Crippen LogP contribution in [0, 0.1) is 6.92 Å². The molecule has 1 amide bonds. The van der Waals surface area contributed by atoms with Crippen LogP contribution in [0.5, 0.6) is 5.75 Å². The lowest BCUT2D eigenvalue weighted by molar-refractivity contribution is -0.123. The molecule has 23 heavy (non-hydrogen) atoms. The molecule has 5 nitrogen and oxygen atoms in total. The fourth-order valence-corrected chi connectivity index (χ4v) is 2.35. The molecule has 0 fully saturated rings. The number of carbonyl (C=O) groups is 1. The quantitative estimate of drug-likeness (QED) is 0.649. The second-order valence-corrected chi connectivity index (χ2v) is 5.84. The number of nitrogens with zero attached hydrogens (tertiary/aromatic N) is 2. The first-order valence-corrected chi connectivity index (χ1v) is 7.73. The van der Waals surface area contributed by atoms with Crippen molar-refractivity contribution in [3.63, 3.8) is 0 Å². The van der Waals surface area contributed by atoms with Crippen LogP contribution in [0.3, 0.4) is 0 Å². The first-order chi connectivity index (χ1) is 11.0. The number of nitrogens with one attached hydrogen (secondary N) is 1. The van der Waals surface area contributed by atoms with E-state index >= 15 is 0 Å².